The van der Waals surface area contributed by atoms with E-state index in [9.17, 15) is 24.6 Å². The number of hydrogen-bond donors (Lipinski definition) is 3. The number of methoxy groups -OCH3 is 1. The van der Waals surface area contributed by atoms with Crippen LogP contribution in [0.5, 0.6) is 0 Å². The number of carbonyl (C=O) groups is 3. The average molecular weight is 622 g/mol. The summed E-state index contributed by atoms with van der Waals surface area (Å²) in [6.07, 6.45) is 12.0. The Bertz CT molecular complexity index is 934. The first-order chi connectivity index (χ1) is 21.1. The van der Waals surface area contributed by atoms with Crippen LogP contribution in [-0.2, 0) is 28.6 Å². The maximum atomic E-state index is 12.9. The number of amides is 1. The highest BCUT2D eigenvalue weighted by Gasteiger charge is 2.32. The highest BCUT2D eigenvalue weighted by Crippen LogP contribution is 2.28. The van der Waals surface area contributed by atoms with Crippen LogP contribution in [0.15, 0.2) is 23.8 Å². The normalized spacial score (nSPS) is 35.4. The summed E-state index contributed by atoms with van der Waals surface area (Å²) >= 11 is 0. The molecule has 3 heterocycles. The standard InChI is InChI=1S/C35H59NO8/c1-6-12-32-33(40)36-23-29(38)22-30(39)31-20-19-27(35(42-5)44-31)16-10-14-26(7-2)15-11-18-28(37)17-9-8-13-24(3)21-25(4)34(41)43-32/h10,14,16,24-26,29-32,35,38-39H,6-9,11-13,15,17-23H2,1-5H3,(H,36,40)/b14-10+,27-16-/t24-,25+,26+,29+,30-,31+,32+,35+/m1/s1. The highest BCUT2D eigenvalue weighted by molar-refractivity contribution is 5.84. The second-order valence-corrected chi connectivity index (χ2v) is 12.9. The minimum absolute atomic E-state index is 0.0220. The fourth-order valence-corrected chi connectivity index (χ4v) is 6.09. The molecule has 0 spiro atoms. The van der Waals surface area contributed by atoms with Gasteiger partial charge in [-0.1, -0.05) is 65.2 Å². The first kappa shape index (κ1) is 38.1. The zero-order chi connectivity index (χ0) is 32.5. The molecule has 0 unspecified atom stereocenters. The van der Waals surface area contributed by atoms with Crippen LogP contribution in [0.25, 0.3) is 0 Å². The SMILES string of the molecule is CCC[C@@H]1OC(=O)[C@@H](C)C[C@H](C)CCCCC(=O)CCC[C@@H](CC)/C=C/C=C2/CC[C@H](O[C@@H]2OC)[C@H](O)C[C@H](O)CNC1=O. The molecule has 9 nitrogen and oxygen atoms in total. The molecule has 3 N–H and O–H groups in total. The van der Waals surface area contributed by atoms with Crippen molar-refractivity contribution in [3.63, 3.8) is 0 Å². The van der Waals surface area contributed by atoms with Crippen LogP contribution in [0.1, 0.15) is 118 Å². The maximum Gasteiger partial charge on any atom is 0.309 e. The van der Waals surface area contributed by atoms with E-state index in [1.165, 1.54) is 0 Å². The summed E-state index contributed by atoms with van der Waals surface area (Å²) in [5, 5.41) is 24.1. The Balaban J connectivity index is 2.11. The molecule has 0 saturated carbocycles. The third kappa shape index (κ3) is 13.9. The smallest absolute Gasteiger partial charge is 0.309 e. The number of Topliss-reactive ketones (excluding diaryl/α,β-unsaturated/α-hetero) is 1. The summed E-state index contributed by atoms with van der Waals surface area (Å²) in [5.41, 5.74) is 0.985. The molecule has 0 aliphatic carbocycles. The van der Waals surface area contributed by atoms with Crippen LogP contribution >= 0.6 is 0 Å². The minimum atomic E-state index is -0.996. The predicted octanol–water partition coefficient (Wildman–Crippen LogP) is 5.56. The van der Waals surface area contributed by atoms with Gasteiger partial charge in [-0.05, 0) is 68.8 Å². The Morgan fingerprint density at radius 3 is 2.43 bits per heavy atom. The Hall–Kier alpha value is -2.07. The van der Waals surface area contributed by atoms with Crippen molar-refractivity contribution in [2.75, 3.05) is 13.7 Å². The molecule has 0 radical (unpaired) electrons. The lowest BCUT2D eigenvalue weighted by Gasteiger charge is -2.34. The Morgan fingerprint density at radius 1 is 0.977 bits per heavy atom. The first-order valence-corrected chi connectivity index (χ1v) is 17.0. The van der Waals surface area contributed by atoms with Gasteiger partial charge in [0.1, 0.15) is 5.78 Å². The van der Waals surface area contributed by atoms with E-state index in [0.717, 1.165) is 44.1 Å². The van der Waals surface area contributed by atoms with Crippen LogP contribution in [0.3, 0.4) is 0 Å². The van der Waals surface area contributed by atoms with Gasteiger partial charge in [0.25, 0.3) is 5.91 Å². The van der Waals surface area contributed by atoms with Crippen LogP contribution in [-0.4, -0.2) is 72.2 Å². The molecule has 0 aromatic rings. The third-order valence-corrected chi connectivity index (χ3v) is 8.90. The number of carbonyl (C=O) groups excluding carboxylic acids is 3. The van der Waals surface area contributed by atoms with E-state index in [1.807, 2.05) is 26.0 Å². The van der Waals surface area contributed by atoms with Crippen LogP contribution < -0.4 is 5.32 Å². The predicted molar refractivity (Wildman–Crippen MR) is 171 cm³/mol. The number of fused-ring (bicyclic) bond motifs is 24. The number of nitrogens with one attached hydrogen (secondary N) is 1. The molecule has 0 aromatic heterocycles. The molecule has 3 aliphatic heterocycles. The van der Waals surface area contributed by atoms with Crippen molar-refractivity contribution in [3.8, 4) is 0 Å². The van der Waals surface area contributed by atoms with Crippen molar-refractivity contribution in [3.05, 3.63) is 23.8 Å². The molecule has 2 bridgehead atoms. The van der Waals surface area contributed by atoms with Crippen molar-refractivity contribution in [2.45, 2.75) is 148 Å². The fraction of sp³-hybridized carbons (Fsp3) is 0.800. The number of rotatable bonds is 4. The number of allylic oxidation sites excluding steroid dienone is 3. The van der Waals surface area contributed by atoms with Gasteiger partial charge in [-0.25, -0.2) is 0 Å². The van der Waals surface area contributed by atoms with Gasteiger partial charge in [0.15, 0.2) is 12.4 Å². The van der Waals surface area contributed by atoms with Gasteiger partial charge in [-0.3, -0.25) is 14.4 Å². The first-order valence-electron chi connectivity index (χ1n) is 17.0. The molecule has 44 heavy (non-hydrogen) atoms. The van der Waals surface area contributed by atoms with Crippen LogP contribution in [0.4, 0.5) is 0 Å². The lowest BCUT2D eigenvalue weighted by atomic mass is 9.92. The quantitative estimate of drug-likeness (QED) is 0.348. The third-order valence-electron chi connectivity index (χ3n) is 8.90. The number of hydrogen-bond acceptors (Lipinski definition) is 8. The number of esters is 1. The van der Waals surface area contributed by atoms with Gasteiger partial charge in [0, 0.05) is 32.9 Å². The fourth-order valence-electron chi connectivity index (χ4n) is 6.09. The maximum absolute atomic E-state index is 12.9. The summed E-state index contributed by atoms with van der Waals surface area (Å²) in [7, 11) is 1.57. The topological polar surface area (TPSA) is 131 Å². The molecule has 0 aromatic carbocycles. The van der Waals surface area contributed by atoms with Crippen LogP contribution in [0, 0.1) is 17.8 Å². The molecule has 9 heteroatoms. The summed E-state index contributed by atoms with van der Waals surface area (Å²) in [4.78, 5) is 38.2. The monoisotopic (exact) mass is 621 g/mol. The summed E-state index contributed by atoms with van der Waals surface area (Å²) in [5.74, 6) is -0.205. The molecule has 1 fully saturated rings. The minimum Gasteiger partial charge on any atom is -0.452 e. The van der Waals surface area contributed by atoms with Gasteiger partial charge in [0.2, 0.25) is 0 Å². The van der Waals surface area contributed by atoms with Gasteiger partial charge in [-0.15, -0.1) is 0 Å². The van der Waals surface area contributed by atoms with E-state index in [4.69, 9.17) is 14.2 Å². The van der Waals surface area contributed by atoms with Crippen LogP contribution in [0.2, 0.25) is 0 Å². The zero-order valence-corrected chi connectivity index (χ0v) is 27.8. The van der Waals surface area contributed by atoms with E-state index in [-0.39, 0.29) is 18.9 Å². The van der Waals surface area contributed by atoms with Crippen molar-refractivity contribution in [2.24, 2.45) is 17.8 Å². The molecular weight excluding hydrogens is 562 g/mol. The lowest BCUT2D eigenvalue weighted by Crippen LogP contribution is -2.44. The largest absolute Gasteiger partial charge is 0.452 e. The molecule has 1 saturated heterocycles. The van der Waals surface area contributed by atoms with Crippen molar-refractivity contribution >= 4 is 17.7 Å². The van der Waals surface area contributed by atoms with Gasteiger partial charge in [0.05, 0.1) is 24.2 Å². The number of aliphatic hydroxyl groups excluding tert-OH is 2. The molecule has 1 amide bonds. The number of aliphatic hydroxyl groups is 2. The highest BCUT2D eigenvalue weighted by atomic mass is 16.7. The Labute approximate surface area is 265 Å². The second-order valence-electron chi connectivity index (χ2n) is 12.9. The van der Waals surface area contributed by atoms with Crippen molar-refractivity contribution in [1.29, 1.82) is 0 Å². The molecule has 8 atom stereocenters. The zero-order valence-electron chi connectivity index (χ0n) is 27.8. The van der Waals surface area contributed by atoms with Gasteiger partial charge in [-0.2, -0.15) is 0 Å². The summed E-state index contributed by atoms with van der Waals surface area (Å²) in [6.45, 7) is 7.94. The Kier molecular flexibility index (Phi) is 18.1. The molecular formula is C35H59NO8. The number of ether oxygens (including phenoxy) is 3. The molecule has 252 valence electrons. The van der Waals surface area contributed by atoms with E-state index < -0.39 is 42.6 Å². The van der Waals surface area contributed by atoms with Crippen molar-refractivity contribution in [1.82, 2.24) is 5.32 Å². The number of ketones is 1. The molecule has 3 aliphatic rings. The second kappa shape index (κ2) is 20.9. The van der Waals surface area contributed by atoms with E-state index >= 15 is 0 Å². The molecule has 3 rings (SSSR count). The summed E-state index contributed by atoms with van der Waals surface area (Å²) in [6, 6.07) is 0. The Morgan fingerprint density at radius 2 is 1.73 bits per heavy atom. The van der Waals surface area contributed by atoms with E-state index in [2.05, 4.69) is 25.2 Å². The van der Waals surface area contributed by atoms with E-state index in [0.29, 0.717) is 62.6 Å². The average Bonchev–Trinajstić information content (AvgIpc) is 3.00. The van der Waals surface area contributed by atoms with Gasteiger partial charge < -0.3 is 29.7 Å². The summed E-state index contributed by atoms with van der Waals surface area (Å²) < 4.78 is 17.2. The van der Waals surface area contributed by atoms with E-state index in [1.54, 1.807) is 7.11 Å². The van der Waals surface area contributed by atoms with Gasteiger partial charge >= 0.3 is 5.97 Å². The van der Waals surface area contributed by atoms with Crippen molar-refractivity contribution < 1.29 is 38.8 Å². The lowest BCUT2D eigenvalue weighted by molar-refractivity contribution is -0.181.